The molecule has 0 aliphatic heterocycles. The lowest BCUT2D eigenvalue weighted by Gasteiger charge is -2.10. The van der Waals surface area contributed by atoms with Crippen molar-refractivity contribution >= 4 is 10.9 Å². The largest absolute Gasteiger partial charge is 0.382 e. The zero-order valence-corrected chi connectivity index (χ0v) is 8.91. The predicted molar refractivity (Wildman–Crippen MR) is 62.2 cm³/mol. The van der Waals surface area contributed by atoms with Gasteiger partial charge in [-0.3, -0.25) is 4.98 Å². The van der Waals surface area contributed by atoms with E-state index in [0.717, 1.165) is 16.5 Å². The van der Waals surface area contributed by atoms with Crippen LogP contribution in [0.5, 0.6) is 0 Å². The third-order valence-electron chi connectivity index (χ3n) is 2.69. The van der Waals surface area contributed by atoms with Crippen LogP contribution in [-0.2, 0) is 0 Å². The minimum atomic E-state index is -0.790. The number of nitrogens with zero attached hydrogens (tertiary/aromatic N) is 3. The van der Waals surface area contributed by atoms with Crippen molar-refractivity contribution in [3.63, 3.8) is 0 Å². The van der Waals surface area contributed by atoms with Crippen LogP contribution in [0.2, 0.25) is 0 Å². The van der Waals surface area contributed by atoms with Crippen LogP contribution in [-0.4, -0.2) is 25.5 Å². The second-order valence-electron chi connectivity index (χ2n) is 3.71. The number of aliphatic hydroxyl groups excluding tert-OH is 1. The Bertz CT molecular complexity index is 631. The van der Waals surface area contributed by atoms with Gasteiger partial charge in [0.1, 0.15) is 11.8 Å². The van der Waals surface area contributed by atoms with Crippen molar-refractivity contribution in [1.29, 1.82) is 0 Å². The fraction of sp³-hybridized carbons (Fsp3) is 0.0833. The van der Waals surface area contributed by atoms with Crippen LogP contribution in [0.3, 0.4) is 0 Å². The van der Waals surface area contributed by atoms with Gasteiger partial charge in [0.25, 0.3) is 0 Å². The number of H-pyrrole nitrogens is 1. The van der Waals surface area contributed by atoms with E-state index in [-0.39, 0.29) is 0 Å². The average Bonchev–Trinajstić information content (AvgIpc) is 2.91. The molecule has 0 aliphatic rings. The molecule has 0 radical (unpaired) electrons. The highest BCUT2D eigenvalue weighted by Gasteiger charge is 2.15. The molecule has 0 saturated heterocycles. The smallest absolute Gasteiger partial charge is 0.125 e. The summed E-state index contributed by atoms with van der Waals surface area (Å²) < 4.78 is 0. The summed E-state index contributed by atoms with van der Waals surface area (Å²) in [5, 5.41) is 21.2. The van der Waals surface area contributed by atoms with Gasteiger partial charge in [0.05, 0.1) is 11.7 Å². The quantitative estimate of drug-likeness (QED) is 0.693. The molecular formula is C12H10N4O. The minimum Gasteiger partial charge on any atom is -0.382 e. The molecule has 1 atom stereocenters. The molecule has 0 amide bonds. The molecule has 0 aliphatic carbocycles. The summed E-state index contributed by atoms with van der Waals surface area (Å²) in [6.07, 6.45) is 2.45. The highest BCUT2D eigenvalue weighted by Crippen LogP contribution is 2.26. The number of pyridine rings is 1. The van der Waals surface area contributed by atoms with Crippen LogP contribution < -0.4 is 0 Å². The highest BCUT2D eigenvalue weighted by atomic mass is 16.3. The van der Waals surface area contributed by atoms with Crippen LogP contribution in [0.4, 0.5) is 0 Å². The summed E-state index contributed by atoms with van der Waals surface area (Å²) in [4.78, 5) is 4.25. The van der Waals surface area contributed by atoms with Crippen molar-refractivity contribution in [2.45, 2.75) is 6.10 Å². The molecule has 3 rings (SSSR count). The van der Waals surface area contributed by atoms with E-state index in [1.807, 2.05) is 30.3 Å². The predicted octanol–water partition coefficient (Wildman–Crippen LogP) is 1.43. The fourth-order valence-electron chi connectivity index (χ4n) is 1.87. The van der Waals surface area contributed by atoms with Crippen LogP contribution in [0.25, 0.3) is 10.9 Å². The zero-order valence-electron chi connectivity index (χ0n) is 8.91. The summed E-state index contributed by atoms with van der Waals surface area (Å²) in [5.41, 5.74) is 2.14. The lowest BCUT2D eigenvalue weighted by molar-refractivity contribution is 0.216. The molecule has 2 heterocycles. The van der Waals surface area contributed by atoms with Gasteiger partial charge >= 0.3 is 0 Å². The zero-order chi connectivity index (χ0) is 11.7. The molecular weight excluding hydrogens is 216 g/mol. The van der Waals surface area contributed by atoms with Crippen LogP contribution in [0, 0.1) is 0 Å². The topological polar surface area (TPSA) is 74.7 Å². The van der Waals surface area contributed by atoms with Crippen molar-refractivity contribution in [1.82, 2.24) is 20.4 Å². The molecule has 1 unspecified atom stereocenters. The maximum absolute atomic E-state index is 10.2. The third kappa shape index (κ3) is 1.66. The molecule has 84 valence electrons. The lowest BCUT2D eigenvalue weighted by atomic mass is 10.0. The van der Waals surface area contributed by atoms with Crippen LogP contribution >= 0.6 is 0 Å². The van der Waals surface area contributed by atoms with Crippen LogP contribution in [0.1, 0.15) is 17.4 Å². The van der Waals surface area contributed by atoms with E-state index in [1.165, 1.54) is 6.20 Å². The average molecular weight is 226 g/mol. The Morgan fingerprint density at radius 3 is 2.94 bits per heavy atom. The van der Waals surface area contributed by atoms with Gasteiger partial charge in [-0.2, -0.15) is 15.4 Å². The first kappa shape index (κ1) is 9.92. The van der Waals surface area contributed by atoms with Gasteiger partial charge in [-0.05, 0) is 17.7 Å². The van der Waals surface area contributed by atoms with E-state index in [2.05, 4.69) is 20.4 Å². The molecule has 2 aromatic heterocycles. The summed E-state index contributed by atoms with van der Waals surface area (Å²) in [6, 6.07) is 9.42. The van der Waals surface area contributed by atoms with Gasteiger partial charge in [-0.1, -0.05) is 18.2 Å². The van der Waals surface area contributed by atoms with Crippen molar-refractivity contribution < 1.29 is 5.11 Å². The number of fused-ring (bicyclic) bond motifs is 1. The normalized spacial score (nSPS) is 12.8. The summed E-state index contributed by atoms with van der Waals surface area (Å²) in [6.45, 7) is 0. The molecule has 1 aromatic carbocycles. The number of nitrogens with one attached hydrogen (secondary N) is 1. The molecule has 2 N–H and O–H groups in total. The Kier molecular flexibility index (Phi) is 2.31. The minimum absolute atomic E-state index is 0.501. The molecule has 17 heavy (non-hydrogen) atoms. The van der Waals surface area contributed by atoms with E-state index in [0.29, 0.717) is 5.69 Å². The van der Waals surface area contributed by atoms with E-state index in [4.69, 9.17) is 0 Å². The van der Waals surface area contributed by atoms with Gasteiger partial charge in [0.15, 0.2) is 0 Å². The van der Waals surface area contributed by atoms with Crippen molar-refractivity contribution in [2.75, 3.05) is 0 Å². The molecule has 5 nitrogen and oxygen atoms in total. The third-order valence-corrected chi connectivity index (χ3v) is 2.69. The Balaban J connectivity index is 2.17. The van der Waals surface area contributed by atoms with Gasteiger partial charge in [0, 0.05) is 11.6 Å². The number of benzene rings is 1. The van der Waals surface area contributed by atoms with Crippen molar-refractivity contribution in [3.05, 3.63) is 54.0 Å². The van der Waals surface area contributed by atoms with E-state index >= 15 is 0 Å². The number of hydrogen-bond donors (Lipinski definition) is 2. The second-order valence-corrected chi connectivity index (χ2v) is 3.71. The van der Waals surface area contributed by atoms with Gasteiger partial charge in [-0.25, -0.2) is 0 Å². The molecule has 0 saturated carbocycles. The number of aromatic nitrogens is 4. The summed E-state index contributed by atoms with van der Waals surface area (Å²) in [5.74, 6) is 0. The van der Waals surface area contributed by atoms with Crippen molar-refractivity contribution in [2.24, 2.45) is 0 Å². The first-order valence-corrected chi connectivity index (χ1v) is 5.23. The summed E-state index contributed by atoms with van der Waals surface area (Å²) in [7, 11) is 0. The monoisotopic (exact) mass is 226 g/mol. The number of hydrogen-bond acceptors (Lipinski definition) is 4. The highest BCUT2D eigenvalue weighted by molar-refractivity contribution is 5.82. The number of rotatable bonds is 2. The standard InChI is InChI=1S/C12H10N4O/c17-12(11-7-14-16-15-11)9-3-1-5-10-8(9)4-2-6-13-10/h1-7,12,17H,(H,14,15,16). The molecule has 5 heteroatoms. The lowest BCUT2D eigenvalue weighted by Crippen LogP contribution is -2.01. The molecule has 0 bridgehead atoms. The van der Waals surface area contributed by atoms with E-state index in [9.17, 15) is 5.11 Å². The first-order chi connectivity index (χ1) is 8.36. The summed E-state index contributed by atoms with van der Waals surface area (Å²) >= 11 is 0. The van der Waals surface area contributed by atoms with E-state index in [1.54, 1.807) is 6.20 Å². The maximum Gasteiger partial charge on any atom is 0.125 e. The first-order valence-electron chi connectivity index (χ1n) is 5.23. The van der Waals surface area contributed by atoms with Crippen molar-refractivity contribution in [3.8, 4) is 0 Å². The molecule has 3 aromatic rings. The van der Waals surface area contributed by atoms with Gasteiger partial charge < -0.3 is 5.11 Å². The second kappa shape index (κ2) is 3.95. The Hall–Kier alpha value is -2.27. The Labute approximate surface area is 97.1 Å². The fourth-order valence-corrected chi connectivity index (χ4v) is 1.87. The number of aromatic amines is 1. The van der Waals surface area contributed by atoms with Gasteiger partial charge in [-0.15, -0.1) is 0 Å². The molecule has 0 fully saturated rings. The Morgan fingerprint density at radius 1 is 1.18 bits per heavy atom. The molecule has 0 spiro atoms. The van der Waals surface area contributed by atoms with E-state index < -0.39 is 6.10 Å². The Morgan fingerprint density at radius 2 is 2.12 bits per heavy atom. The number of aliphatic hydroxyl groups is 1. The van der Waals surface area contributed by atoms with Crippen LogP contribution in [0.15, 0.2) is 42.7 Å². The maximum atomic E-state index is 10.2. The SMILES string of the molecule is OC(c1cn[nH]n1)c1cccc2ncccc12. The van der Waals surface area contributed by atoms with Gasteiger partial charge in [0.2, 0.25) is 0 Å².